The molecule has 1 N–H and O–H groups in total. The van der Waals surface area contributed by atoms with Crippen LogP contribution in [-0.4, -0.2) is 48.4 Å². The van der Waals surface area contributed by atoms with E-state index in [9.17, 15) is 18.7 Å². The van der Waals surface area contributed by atoms with E-state index >= 15 is 0 Å². The molecule has 0 fully saturated rings. The number of methoxy groups -OCH3 is 1. The molecular formula is C12H14ClF2NO3. The maximum atomic E-state index is 12.4. The number of amides is 1. The number of nitrogens with zero attached hydrogens (tertiary/aromatic N) is 1. The van der Waals surface area contributed by atoms with Crippen LogP contribution in [0.1, 0.15) is 10.4 Å². The van der Waals surface area contributed by atoms with E-state index in [0.29, 0.717) is 5.75 Å². The molecule has 106 valence electrons. The normalized spacial score (nSPS) is 10.6. The van der Waals surface area contributed by atoms with E-state index < -0.39 is 18.9 Å². The van der Waals surface area contributed by atoms with Crippen LogP contribution in [-0.2, 0) is 0 Å². The molecule has 0 unspecified atom stereocenters. The molecule has 0 aliphatic rings. The van der Waals surface area contributed by atoms with Crippen molar-refractivity contribution in [1.82, 2.24) is 4.90 Å². The summed E-state index contributed by atoms with van der Waals surface area (Å²) in [5.41, 5.74) is -0.0634. The minimum Gasteiger partial charge on any atom is -0.507 e. The summed E-state index contributed by atoms with van der Waals surface area (Å²) in [6.45, 7) is -0.743. The van der Waals surface area contributed by atoms with Gasteiger partial charge in [-0.3, -0.25) is 4.79 Å². The summed E-state index contributed by atoms with van der Waals surface area (Å²) in [5, 5.41) is 9.70. The number of hydrogen-bond acceptors (Lipinski definition) is 3. The number of halogens is 3. The Morgan fingerprint density at radius 3 is 2.68 bits per heavy atom. The lowest BCUT2D eigenvalue weighted by atomic mass is 10.1. The fourth-order valence-electron chi connectivity index (χ4n) is 1.53. The van der Waals surface area contributed by atoms with Gasteiger partial charge in [-0.15, -0.1) is 11.6 Å². The van der Waals surface area contributed by atoms with Crippen LogP contribution in [0, 0.1) is 0 Å². The zero-order valence-corrected chi connectivity index (χ0v) is 11.0. The molecule has 0 aromatic heterocycles. The van der Waals surface area contributed by atoms with E-state index in [-0.39, 0.29) is 23.7 Å². The Balaban J connectivity index is 2.95. The molecule has 1 aromatic rings. The first-order chi connectivity index (χ1) is 8.99. The highest BCUT2D eigenvalue weighted by molar-refractivity contribution is 6.18. The average Bonchev–Trinajstić information content (AvgIpc) is 2.36. The Bertz CT molecular complexity index is 443. The summed E-state index contributed by atoms with van der Waals surface area (Å²) in [4.78, 5) is 12.9. The van der Waals surface area contributed by atoms with E-state index in [1.165, 1.54) is 25.3 Å². The fraction of sp³-hybridized carbons (Fsp3) is 0.417. The second-order valence-electron chi connectivity index (χ2n) is 3.71. The van der Waals surface area contributed by atoms with Crippen LogP contribution in [0.25, 0.3) is 0 Å². The van der Waals surface area contributed by atoms with Crippen molar-refractivity contribution < 1.29 is 23.4 Å². The lowest BCUT2D eigenvalue weighted by Gasteiger charge is -2.21. The van der Waals surface area contributed by atoms with E-state index in [1.54, 1.807) is 0 Å². The van der Waals surface area contributed by atoms with Gasteiger partial charge in [0.1, 0.15) is 11.5 Å². The Labute approximate surface area is 114 Å². The number of hydrogen-bond donors (Lipinski definition) is 1. The largest absolute Gasteiger partial charge is 0.507 e. The third-order valence-corrected chi connectivity index (χ3v) is 2.60. The number of carbonyl (C=O) groups excluding carboxylic acids is 1. The predicted octanol–water partition coefficient (Wildman–Crippen LogP) is 2.35. The number of aromatic hydroxyl groups is 1. The number of carbonyl (C=O) groups is 1. The van der Waals surface area contributed by atoms with Crippen LogP contribution in [0.4, 0.5) is 8.78 Å². The van der Waals surface area contributed by atoms with E-state index in [2.05, 4.69) is 0 Å². The SMILES string of the molecule is COc1ccc(C(=O)N(CCCl)CC(F)F)c(O)c1. The van der Waals surface area contributed by atoms with Crippen molar-refractivity contribution in [3.05, 3.63) is 23.8 Å². The van der Waals surface area contributed by atoms with Crippen molar-refractivity contribution in [2.75, 3.05) is 26.1 Å². The van der Waals surface area contributed by atoms with Crippen LogP contribution in [0.3, 0.4) is 0 Å². The van der Waals surface area contributed by atoms with Crippen LogP contribution < -0.4 is 4.74 Å². The molecule has 4 nitrogen and oxygen atoms in total. The number of ether oxygens (including phenoxy) is 1. The molecule has 0 bridgehead atoms. The van der Waals surface area contributed by atoms with Crippen molar-refractivity contribution >= 4 is 17.5 Å². The Hall–Kier alpha value is -1.56. The standard InChI is InChI=1S/C12H14ClF2NO3/c1-19-8-2-3-9(10(17)6-8)12(18)16(5-4-13)7-11(14)15/h2-3,6,11,17H,4-5,7H2,1H3. The molecule has 0 spiro atoms. The van der Waals surface area contributed by atoms with Gasteiger partial charge in [0.05, 0.1) is 19.2 Å². The van der Waals surface area contributed by atoms with Crippen LogP contribution in [0.2, 0.25) is 0 Å². The summed E-state index contributed by atoms with van der Waals surface area (Å²) in [6.07, 6.45) is -2.66. The van der Waals surface area contributed by atoms with E-state index in [0.717, 1.165) is 4.90 Å². The number of phenolic OH excluding ortho intramolecular Hbond substituents is 1. The molecule has 7 heteroatoms. The van der Waals surface area contributed by atoms with Gasteiger partial charge in [0.15, 0.2) is 0 Å². The zero-order chi connectivity index (χ0) is 14.4. The molecule has 1 amide bonds. The van der Waals surface area contributed by atoms with Gasteiger partial charge in [0.25, 0.3) is 12.3 Å². The van der Waals surface area contributed by atoms with E-state index in [1.807, 2.05) is 0 Å². The van der Waals surface area contributed by atoms with Gasteiger partial charge < -0.3 is 14.7 Å². The predicted molar refractivity (Wildman–Crippen MR) is 67.3 cm³/mol. The lowest BCUT2D eigenvalue weighted by molar-refractivity contribution is 0.0568. The number of rotatable bonds is 6. The van der Waals surface area contributed by atoms with Gasteiger partial charge >= 0.3 is 0 Å². The van der Waals surface area contributed by atoms with Gasteiger partial charge in [-0.25, -0.2) is 8.78 Å². The minimum atomic E-state index is -2.66. The number of benzene rings is 1. The van der Waals surface area contributed by atoms with Gasteiger partial charge in [0, 0.05) is 18.5 Å². The quantitative estimate of drug-likeness (QED) is 0.819. The molecule has 1 rings (SSSR count). The third-order valence-electron chi connectivity index (χ3n) is 2.44. The van der Waals surface area contributed by atoms with Gasteiger partial charge in [-0.05, 0) is 12.1 Å². The second-order valence-corrected chi connectivity index (χ2v) is 4.09. The second kappa shape index (κ2) is 7.13. The van der Waals surface area contributed by atoms with Crippen molar-refractivity contribution in [3.8, 4) is 11.5 Å². The number of phenols is 1. The molecule has 0 radical (unpaired) electrons. The zero-order valence-electron chi connectivity index (χ0n) is 10.3. The van der Waals surface area contributed by atoms with Crippen molar-refractivity contribution in [1.29, 1.82) is 0 Å². The minimum absolute atomic E-state index is 0.0177. The summed E-state index contributed by atoms with van der Waals surface area (Å²) >= 11 is 5.48. The lowest BCUT2D eigenvalue weighted by Crippen LogP contribution is -2.36. The first-order valence-corrected chi connectivity index (χ1v) is 6.03. The Kier molecular flexibility index (Phi) is 5.82. The van der Waals surface area contributed by atoms with E-state index in [4.69, 9.17) is 16.3 Å². The van der Waals surface area contributed by atoms with Crippen molar-refractivity contribution in [2.45, 2.75) is 6.43 Å². The highest BCUT2D eigenvalue weighted by atomic mass is 35.5. The first kappa shape index (κ1) is 15.5. The van der Waals surface area contributed by atoms with Crippen LogP contribution in [0.15, 0.2) is 18.2 Å². The highest BCUT2D eigenvalue weighted by Crippen LogP contribution is 2.24. The molecule has 0 saturated heterocycles. The molecule has 1 aromatic carbocycles. The monoisotopic (exact) mass is 293 g/mol. The topological polar surface area (TPSA) is 49.8 Å². The molecule has 0 aliphatic heterocycles. The van der Waals surface area contributed by atoms with Crippen LogP contribution >= 0.6 is 11.6 Å². The smallest absolute Gasteiger partial charge is 0.257 e. The average molecular weight is 294 g/mol. The molecule has 0 heterocycles. The van der Waals surface area contributed by atoms with Gasteiger partial charge in [-0.2, -0.15) is 0 Å². The van der Waals surface area contributed by atoms with Gasteiger partial charge in [-0.1, -0.05) is 0 Å². The molecule has 0 aliphatic carbocycles. The summed E-state index contributed by atoms with van der Waals surface area (Å²) in [5.74, 6) is -0.610. The van der Waals surface area contributed by atoms with Crippen molar-refractivity contribution in [3.63, 3.8) is 0 Å². The summed E-state index contributed by atoms with van der Waals surface area (Å²) < 4.78 is 29.6. The molecule has 0 atom stereocenters. The molecular weight excluding hydrogens is 280 g/mol. The number of alkyl halides is 3. The Morgan fingerprint density at radius 1 is 1.53 bits per heavy atom. The van der Waals surface area contributed by atoms with Crippen molar-refractivity contribution in [2.24, 2.45) is 0 Å². The highest BCUT2D eigenvalue weighted by Gasteiger charge is 2.21. The van der Waals surface area contributed by atoms with Gasteiger partial charge in [0.2, 0.25) is 0 Å². The molecule has 19 heavy (non-hydrogen) atoms. The Morgan fingerprint density at radius 2 is 2.21 bits per heavy atom. The maximum absolute atomic E-state index is 12.4. The molecule has 0 saturated carbocycles. The summed E-state index contributed by atoms with van der Waals surface area (Å²) in [6, 6.07) is 4.03. The van der Waals surface area contributed by atoms with Crippen LogP contribution in [0.5, 0.6) is 11.5 Å². The third kappa shape index (κ3) is 4.24. The maximum Gasteiger partial charge on any atom is 0.257 e. The summed E-state index contributed by atoms with van der Waals surface area (Å²) in [7, 11) is 1.41. The fourth-order valence-corrected chi connectivity index (χ4v) is 1.74. The first-order valence-electron chi connectivity index (χ1n) is 5.50.